The summed E-state index contributed by atoms with van der Waals surface area (Å²) >= 11 is 0. The first kappa shape index (κ1) is 11.4. The van der Waals surface area contributed by atoms with Crippen LogP contribution >= 0.6 is 0 Å². The van der Waals surface area contributed by atoms with E-state index in [1.54, 1.807) is 7.11 Å². The number of nitrogens with one attached hydrogen (secondary N) is 1. The largest absolute Gasteiger partial charge is 0.382 e. The van der Waals surface area contributed by atoms with Crippen molar-refractivity contribution in [3.05, 3.63) is 0 Å². The van der Waals surface area contributed by atoms with E-state index < -0.39 is 0 Å². The highest BCUT2D eigenvalue weighted by atomic mass is 16.5. The molecule has 0 heterocycles. The van der Waals surface area contributed by atoms with E-state index in [-0.39, 0.29) is 6.10 Å². The molecule has 1 N–H and O–H groups in total. The zero-order chi connectivity index (χ0) is 10.5. The minimum Gasteiger partial charge on any atom is -0.382 e. The quantitative estimate of drug-likeness (QED) is 0.630. The molecule has 2 saturated carbocycles. The molecule has 0 aromatic carbocycles. The van der Waals surface area contributed by atoms with E-state index in [9.17, 15) is 0 Å². The maximum atomic E-state index is 5.82. The average Bonchev–Trinajstić information content (AvgIpc) is 3.08. The van der Waals surface area contributed by atoms with Crippen molar-refractivity contribution < 1.29 is 9.47 Å². The Kier molecular flexibility index (Phi) is 4.42. The van der Waals surface area contributed by atoms with Gasteiger partial charge in [-0.25, -0.2) is 0 Å². The second-order valence-corrected chi connectivity index (χ2v) is 4.86. The highest BCUT2D eigenvalue weighted by Gasteiger charge is 2.23. The molecule has 0 saturated heterocycles. The first-order valence-corrected chi connectivity index (χ1v) is 6.22. The molecule has 2 rings (SSSR count). The van der Waals surface area contributed by atoms with E-state index in [0.29, 0.717) is 6.61 Å². The molecule has 2 aliphatic carbocycles. The SMILES string of the molecule is COCC(CNC1CC1)OCCC1CC1. The van der Waals surface area contributed by atoms with Gasteiger partial charge in [-0.1, -0.05) is 12.8 Å². The van der Waals surface area contributed by atoms with Crippen LogP contribution in [-0.4, -0.2) is 39.0 Å². The molecular weight excluding hydrogens is 190 g/mol. The van der Waals surface area contributed by atoms with Gasteiger partial charge in [-0.15, -0.1) is 0 Å². The third-order valence-corrected chi connectivity index (χ3v) is 3.14. The predicted molar refractivity (Wildman–Crippen MR) is 60.0 cm³/mol. The predicted octanol–water partition coefficient (Wildman–Crippen LogP) is 1.57. The Morgan fingerprint density at radius 3 is 2.67 bits per heavy atom. The molecule has 0 bridgehead atoms. The highest BCUT2D eigenvalue weighted by molar-refractivity contribution is 4.82. The van der Waals surface area contributed by atoms with Gasteiger partial charge in [0.25, 0.3) is 0 Å². The van der Waals surface area contributed by atoms with Crippen LogP contribution in [0.1, 0.15) is 32.1 Å². The fourth-order valence-electron chi connectivity index (χ4n) is 1.75. The lowest BCUT2D eigenvalue weighted by Crippen LogP contribution is -2.34. The number of hydrogen-bond donors (Lipinski definition) is 1. The fourth-order valence-corrected chi connectivity index (χ4v) is 1.75. The lowest BCUT2D eigenvalue weighted by atomic mass is 10.3. The van der Waals surface area contributed by atoms with Crippen LogP contribution < -0.4 is 5.32 Å². The fraction of sp³-hybridized carbons (Fsp3) is 1.00. The Morgan fingerprint density at radius 1 is 1.27 bits per heavy atom. The molecule has 0 aromatic rings. The summed E-state index contributed by atoms with van der Waals surface area (Å²) < 4.78 is 11.0. The first-order chi connectivity index (χ1) is 7.38. The molecule has 1 unspecified atom stereocenters. The van der Waals surface area contributed by atoms with Crippen LogP contribution in [0.3, 0.4) is 0 Å². The molecule has 0 spiro atoms. The molecule has 88 valence electrons. The van der Waals surface area contributed by atoms with E-state index in [2.05, 4.69) is 5.32 Å². The first-order valence-electron chi connectivity index (χ1n) is 6.22. The van der Waals surface area contributed by atoms with Crippen LogP contribution in [0.15, 0.2) is 0 Å². The molecule has 2 aliphatic rings. The van der Waals surface area contributed by atoms with Crippen LogP contribution in [0.25, 0.3) is 0 Å². The smallest absolute Gasteiger partial charge is 0.0932 e. The van der Waals surface area contributed by atoms with Crippen molar-refractivity contribution in [1.29, 1.82) is 0 Å². The van der Waals surface area contributed by atoms with Crippen LogP contribution in [0.2, 0.25) is 0 Å². The second kappa shape index (κ2) is 5.83. The zero-order valence-corrected chi connectivity index (χ0v) is 9.71. The molecule has 3 nitrogen and oxygen atoms in total. The number of ether oxygens (including phenoxy) is 2. The van der Waals surface area contributed by atoms with Gasteiger partial charge in [0.1, 0.15) is 0 Å². The molecule has 0 aromatic heterocycles. The summed E-state index contributed by atoms with van der Waals surface area (Å²) in [5.74, 6) is 0.963. The number of methoxy groups -OCH3 is 1. The van der Waals surface area contributed by atoms with Gasteiger partial charge in [0.15, 0.2) is 0 Å². The Morgan fingerprint density at radius 2 is 2.07 bits per heavy atom. The highest BCUT2D eigenvalue weighted by Crippen LogP contribution is 2.32. The molecule has 1 atom stereocenters. The Labute approximate surface area is 92.5 Å². The Balaban J connectivity index is 1.53. The van der Waals surface area contributed by atoms with E-state index >= 15 is 0 Å². The Bertz CT molecular complexity index is 178. The maximum absolute atomic E-state index is 5.82. The molecular formula is C12H23NO2. The van der Waals surface area contributed by atoms with Crippen LogP contribution in [0.5, 0.6) is 0 Å². The normalized spacial score (nSPS) is 23.0. The average molecular weight is 213 g/mol. The van der Waals surface area contributed by atoms with Crippen LogP contribution in [0.4, 0.5) is 0 Å². The molecule has 0 aliphatic heterocycles. The summed E-state index contributed by atoms with van der Waals surface area (Å²) in [5.41, 5.74) is 0. The number of rotatable bonds is 9. The minimum absolute atomic E-state index is 0.245. The van der Waals surface area contributed by atoms with Crippen molar-refractivity contribution in [3.63, 3.8) is 0 Å². The van der Waals surface area contributed by atoms with Gasteiger partial charge in [-0.05, 0) is 25.2 Å². The van der Waals surface area contributed by atoms with Crippen molar-refractivity contribution >= 4 is 0 Å². The van der Waals surface area contributed by atoms with Gasteiger partial charge in [0, 0.05) is 26.3 Å². The van der Waals surface area contributed by atoms with Crippen molar-refractivity contribution in [2.45, 2.75) is 44.2 Å². The summed E-state index contributed by atoms with van der Waals surface area (Å²) in [7, 11) is 1.74. The third-order valence-electron chi connectivity index (χ3n) is 3.14. The van der Waals surface area contributed by atoms with Gasteiger partial charge in [0.05, 0.1) is 12.7 Å². The van der Waals surface area contributed by atoms with Crippen molar-refractivity contribution in [2.75, 3.05) is 26.9 Å². The van der Waals surface area contributed by atoms with E-state index in [4.69, 9.17) is 9.47 Å². The van der Waals surface area contributed by atoms with E-state index in [0.717, 1.165) is 25.1 Å². The topological polar surface area (TPSA) is 30.5 Å². The minimum atomic E-state index is 0.245. The van der Waals surface area contributed by atoms with E-state index in [1.807, 2.05) is 0 Å². The summed E-state index contributed by atoms with van der Waals surface area (Å²) in [6, 6.07) is 0.761. The third kappa shape index (κ3) is 4.96. The van der Waals surface area contributed by atoms with E-state index in [1.165, 1.54) is 32.1 Å². The lowest BCUT2D eigenvalue weighted by Gasteiger charge is -2.17. The zero-order valence-electron chi connectivity index (χ0n) is 9.71. The summed E-state index contributed by atoms with van der Waals surface area (Å²) in [4.78, 5) is 0. The molecule has 0 radical (unpaired) electrons. The molecule has 0 amide bonds. The summed E-state index contributed by atoms with van der Waals surface area (Å²) in [5, 5.41) is 3.49. The van der Waals surface area contributed by atoms with Gasteiger partial charge >= 0.3 is 0 Å². The van der Waals surface area contributed by atoms with Crippen molar-refractivity contribution in [3.8, 4) is 0 Å². The summed E-state index contributed by atoms with van der Waals surface area (Å²) in [6.07, 6.45) is 6.99. The maximum Gasteiger partial charge on any atom is 0.0932 e. The Hall–Kier alpha value is -0.120. The molecule has 3 heteroatoms. The van der Waals surface area contributed by atoms with Crippen LogP contribution in [-0.2, 0) is 9.47 Å². The summed E-state index contributed by atoms with van der Waals surface area (Å²) in [6.45, 7) is 2.57. The number of hydrogen-bond acceptors (Lipinski definition) is 3. The van der Waals surface area contributed by atoms with Crippen molar-refractivity contribution in [1.82, 2.24) is 5.32 Å². The molecule has 2 fully saturated rings. The standard InChI is InChI=1S/C12H23NO2/c1-14-9-12(8-13-11-4-5-11)15-7-6-10-2-3-10/h10-13H,2-9H2,1H3. The molecule has 15 heavy (non-hydrogen) atoms. The van der Waals surface area contributed by atoms with Gasteiger partial charge in [-0.3, -0.25) is 0 Å². The van der Waals surface area contributed by atoms with Gasteiger partial charge in [0.2, 0.25) is 0 Å². The monoisotopic (exact) mass is 213 g/mol. The second-order valence-electron chi connectivity index (χ2n) is 4.86. The van der Waals surface area contributed by atoms with Crippen LogP contribution in [0, 0.1) is 5.92 Å². The van der Waals surface area contributed by atoms with Gasteiger partial charge in [-0.2, -0.15) is 0 Å². The van der Waals surface area contributed by atoms with Gasteiger partial charge < -0.3 is 14.8 Å². The van der Waals surface area contributed by atoms with Crippen molar-refractivity contribution in [2.24, 2.45) is 5.92 Å². The lowest BCUT2D eigenvalue weighted by molar-refractivity contribution is -0.00336.